The summed E-state index contributed by atoms with van der Waals surface area (Å²) in [5.74, 6) is -5.77. The minimum Gasteiger partial charge on any atom is -0.550 e. The predicted molar refractivity (Wildman–Crippen MR) is 136 cm³/mol. The second-order valence-electron chi connectivity index (χ2n) is 10.8. The number of carbonyl (C=O) groups excluding carboxylic acids is 4. The van der Waals surface area contributed by atoms with Crippen LogP contribution in [0.3, 0.4) is 0 Å². The first-order valence-corrected chi connectivity index (χ1v) is 13.7. The summed E-state index contributed by atoms with van der Waals surface area (Å²) in [7, 11) is 0. The molecule has 38 heavy (non-hydrogen) atoms. The summed E-state index contributed by atoms with van der Waals surface area (Å²) < 4.78 is 5.41. The van der Waals surface area contributed by atoms with Gasteiger partial charge >= 0.3 is 0 Å². The van der Waals surface area contributed by atoms with E-state index in [2.05, 4.69) is 11.2 Å². The average molecular weight is 532 g/mol. The van der Waals surface area contributed by atoms with E-state index in [9.17, 15) is 24.3 Å². The fraction of sp³-hybridized carbons (Fsp3) is 0.643. The lowest BCUT2D eigenvalue weighted by Gasteiger charge is -2.31. The summed E-state index contributed by atoms with van der Waals surface area (Å²) in [6.45, 7) is 3.75. The van der Waals surface area contributed by atoms with Gasteiger partial charge in [0.05, 0.1) is 23.1 Å². The number of nitrogens with one attached hydrogen (secondary N) is 1. The molecule has 0 radical (unpaired) electrons. The highest BCUT2D eigenvalue weighted by Crippen LogP contribution is 2.28. The Morgan fingerprint density at radius 1 is 1.03 bits per heavy atom. The minimum atomic E-state index is -1.42. The van der Waals surface area contributed by atoms with Crippen molar-refractivity contribution in [3.05, 3.63) is 35.4 Å². The predicted octanol–water partition coefficient (Wildman–Crippen LogP) is 1.45. The number of carboxylic acids is 1. The molecule has 210 valence electrons. The molecule has 4 N–H and O–H groups in total. The lowest BCUT2D eigenvalue weighted by Crippen LogP contribution is -2.61. The number of hydrogen-bond donors (Lipinski definition) is 2. The van der Waals surface area contributed by atoms with Crippen molar-refractivity contribution in [3.63, 3.8) is 0 Å². The van der Waals surface area contributed by atoms with E-state index in [1.807, 2.05) is 13.8 Å². The van der Waals surface area contributed by atoms with Gasteiger partial charge in [0, 0.05) is 31.5 Å². The molecule has 3 aliphatic rings. The molecule has 10 heteroatoms. The molecule has 1 unspecified atom stereocenters. The number of ether oxygens (including phenoxy) is 1. The zero-order valence-corrected chi connectivity index (χ0v) is 22.5. The van der Waals surface area contributed by atoms with Gasteiger partial charge in [-0.1, -0.05) is 32.4 Å². The Hall–Kier alpha value is -2.82. The van der Waals surface area contributed by atoms with E-state index >= 15 is 0 Å². The molecule has 2 heterocycles. The number of imide groups is 1. The number of rotatable bonds is 9. The Kier molecular flexibility index (Phi) is 11.2. The molecule has 1 saturated heterocycles. The molecule has 2 aliphatic heterocycles. The van der Waals surface area contributed by atoms with Crippen LogP contribution in [0.5, 0.6) is 0 Å². The average Bonchev–Trinajstić information content (AvgIpc) is 3.15. The minimum absolute atomic E-state index is 0.0528. The zero-order chi connectivity index (χ0) is 27.7. The van der Waals surface area contributed by atoms with Gasteiger partial charge in [-0.05, 0) is 63.0 Å². The Bertz CT molecular complexity index is 936. The Morgan fingerprint density at radius 3 is 2.11 bits per heavy atom. The van der Waals surface area contributed by atoms with Crippen LogP contribution in [0.15, 0.2) is 24.3 Å². The summed E-state index contributed by atoms with van der Waals surface area (Å²) >= 11 is 0. The highest BCUT2D eigenvalue weighted by atomic mass is 16.8. The molecule has 0 bridgehead atoms. The van der Waals surface area contributed by atoms with E-state index in [-0.39, 0.29) is 23.5 Å². The molecule has 3 amide bonds. The highest BCUT2D eigenvalue weighted by Gasteiger charge is 2.40. The number of nitrogens with zero attached hydrogens (tertiary/aromatic N) is 1. The number of hydroxylamine groups is 1. The van der Waals surface area contributed by atoms with Crippen LogP contribution in [0.25, 0.3) is 0 Å². The number of carbonyl (C=O) groups is 4. The maximum absolute atomic E-state index is 13.0. The number of aliphatic carboxylic acids is 1. The summed E-state index contributed by atoms with van der Waals surface area (Å²) in [6, 6.07) is 7.11. The third-order valence-corrected chi connectivity index (χ3v) is 7.26. The van der Waals surface area contributed by atoms with Gasteiger partial charge in [-0.25, -0.2) is 10.3 Å². The topological polar surface area (TPSA) is 153 Å². The molecule has 2 fully saturated rings. The molecular weight excluding hydrogens is 490 g/mol. The maximum Gasteiger partial charge on any atom is 0.261 e. The van der Waals surface area contributed by atoms with Crippen molar-refractivity contribution in [2.75, 3.05) is 13.2 Å². The van der Waals surface area contributed by atoms with E-state index in [1.165, 1.54) is 44.2 Å². The van der Waals surface area contributed by atoms with Crippen molar-refractivity contribution in [3.8, 4) is 0 Å². The lowest BCUT2D eigenvalue weighted by molar-refractivity contribution is -0.425. The number of fused-ring (bicyclic) bond motifs is 1. The Labute approximate surface area is 224 Å². The van der Waals surface area contributed by atoms with Gasteiger partial charge in [0.25, 0.3) is 11.8 Å². The summed E-state index contributed by atoms with van der Waals surface area (Å²) in [4.78, 5) is 56.6. The van der Waals surface area contributed by atoms with Crippen molar-refractivity contribution in [2.24, 2.45) is 17.8 Å². The number of benzene rings is 1. The van der Waals surface area contributed by atoms with Crippen molar-refractivity contribution < 1.29 is 39.6 Å². The van der Waals surface area contributed by atoms with Gasteiger partial charge in [0.1, 0.15) is 0 Å². The second kappa shape index (κ2) is 14.4. The number of quaternary nitrogens is 1. The normalized spacial score (nSPS) is 21.4. The maximum atomic E-state index is 13.0. The van der Waals surface area contributed by atoms with Crippen LogP contribution in [-0.2, 0) is 19.2 Å². The zero-order valence-electron chi connectivity index (χ0n) is 22.5. The molecule has 10 nitrogen and oxygen atoms in total. The molecule has 0 spiro atoms. The van der Waals surface area contributed by atoms with Crippen LogP contribution < -0.4 is 16.3 Å². The highest BCUT2D eigenvalue weighted by molar-refractivity contribution is 6.21. The molecular formula is C28H41N3O7. The molecule has 1 saturated carbocycles. The van der Waals surface area contributed by atoms with Gasteiger partial charge < -0.3 is 20.4 Å². The number of amides is 3. The van der Waals surface area contributed by atoms with Crippen LogP contribution in [0, 0.1) is 17.8 Å². The van der Waals surface area contributed by atoms with Gasteiger partial charge in [-0.2, -0.15) is 0 Å². The standard InChI is InChI=1S/C22H28N2O7.C6H13N/c1-13(2)11-16(22(28)29)17(19(25)23-31-18-9-5-6-10-30-18)12-24-20(26)14-7-3-4-8-15(14)21(24)27;7-6-4-2-1-3-5-6/h3-4,7-8,13,16-18H,5-6,9-12H2,1-2H3,(H,23,25)(H,28,29);6H,1-5,7H2/t16-,17+,18?;/m1./s1. The van der Waals surface area contributed by atoms with Gasteiger partial charge in [-0.3, -0.25) is 19.3 Å². The van der Waals surface area contributed by atoms with Crippen molar-refractivity contribution in [2.45, 2.75) is 84.0 Å². The summed E-state index contributed by atoms with van der Waals surface area (Å²) in [5.41, 5.74) is 6.74. The largest absolute Gasteiger partial charge is 0.550 e. The number of carboxylic acid groups (broad SMARTS) is 1. The van der Waals surface area contributed by atoms with Crippen molar-refractivity contribution >= 4 is 23.7 Å². The van der Waals surface area contributed by atoms with E-state index in [0.29, 0.717) is 13.0 Å². The molecule has 1 aromatic carbocycles. The quantitative estimate of drug-likeness (QED) is 0.361. The first-order chi connectivity index (χ1) is 18.2. The third kappa shape index (κ3) is 8.09. The van der Waals surface area contributed by atoms with Crippen LogP contribution in [0.2, 0.25) is 0 Å². The van der Waals surface area contributed by atoms with Crippen LogP contribution in [0.1, 0.15) is 92.4 Å². The van der Waals surface area contributed by atoms with Crippen molar-refractivity contribution in [1.29, 1.82) is 0 Å². The van der Waals surface area contributed by atoms with E-state index in [4.69, 9.17) is 9.57 Å². The van der Waals surface area contributed by atoms with E-state index in [0.717, 1.165) is 23.8 Å². The van der Waals surface area contributed by atoms with Gasteiger partial charge in [0.2, 0.25) is 5.91 Å². The fourth-order valence-electron chi connectivity index (χ4n) is 5.12. The Balaban J connectivity index is 0.000000494. The number of hydrogen-bond acceptors (Lipinski definition) is 7. The third-order valence-electron chi connectivity index (χ3n) is 7.26. The van der Waals surface area contributed by atoms with Gasteiger partial charge in [0.15, 0.2) is 6.29 Å². The monoisotopic (exact) mass is 531 g/mol. The first-order valence-electron chi connectivity index (χ1n) is 13.7. The SMILES string of the molecule is CC(C)C[C@@H](C(=O)[O-])[C@H](CN1C(=O)c2ccccc2C1=O)C(=O)NOC1CCCCO1.[NH3+]C1CCCCC1. The van der Waals surface area contributed by atoms with Gasteiger partial charge in [-0.15, -0.1) is 0 Å². The lowest BCUT2D eigenvalue weighted by atomic mass is 9.84. The molecule has 3 atom stereocenters. The van der Waals surface area contributed by atoms with Crippen LogP contribution in [-0.4, -0.2) is 54.1 Å². The molecule has 4 rings (SSSR count). The Morgan fingerprint density at radius 2 is 1.63 bits per heavy atom. The molecule has 1 aromatic rings. The summed E-state index contributed by atoms with van der Waals surface area (Å²) in [6.07, 6.45) is 8.95. The second-order valence-corrected chi connectivity index (χ2v) is 10.8. The smallest absolute Gasteiger partial charge is 0.261 e. The molecule has 1 aliphatic carbocycles. The molecule has 0 aromatic heterocycles. The van der Waals surface area contributed by atoms with E-state index < -0.39 is 48.4 Å². The van der Waals surface area contributed by atoms with Crippen LogP contribution >= 0.6 is 0 Å². The fourth-order valence-corrected chi connectivity index (χ4v) is 5.12. The first kappa shape index (κ1) is 29.7. The van der Waals surface area contributed by atoms with Crippen molar-refractivity contribution in [1.82, 2.24) is 10.4 Å². The van der Waals surface area contributed by atoms with Crippen LogP contribution in [0.4, 0.5) is 0 Å². The summed E-state index contributed by atoms with van der Waals surface area (Å²) in [5, 5.41) is 11.9. The van der Waals surface area contributed by atoms with E-state index in [1.54, 1.807) is 12.1 Å².